The second-order valence-electron chi connectivity index (χ2n) is 4.36. The maximum atomic E-state index is 9.42. The Balaban J connectivity index is 2.39. The van der Waals surface area contributed by atoms with E-state index in [1.54, 1.807) is 20.3 Å². The van der Waals surface area contributed by atoms with Crippen LogP contribution in [0, 0.1) is 0 Å². The monoisotopic (exact) mass is 265 g/mol. The van der Waals surface area contributed by atoms with E-state index in [1.165, 1.54) is 0 Å². The Kier molecular flexibility index (Phi) is 4.36. The summed E-state index contributed by atoms with van der Waals surface area (Å²) in [6.45, 7) is 0.925. The summed E-state index contributed by atoms with van der Waals surface area (Å²) in [4.78, 5) is 4.38. The molecule has 1 aromatic heterocycles. The van der Waals surface area contributed by atoms with Crippen LogP contribution in [0.25, 0.3) is 11.0 Å². The molecule has 0 saturated heterocycles. The van der Waals surface area contributed by atoms with Crippen molar-refractivity contribution in [2.24, 2.45) is 0 Å². The molecule has 0 amide bonds. The fourth-order valence-electron chi connectivity index (χ4n) is 2.11. The van der Waals surface area contributed by atoms with Crippen molar-refractivity contribution in [1.29, 1.82) is 0 Å². The molecule has 0 bridgehead atoms. The van der Waals surface area contributed by atoms with Crippen LogP contribution >= 0.6 is 0 Å². The molecule has 1 unspecified atom stereocenters. The van der Waals surface area contributed by atoms with E-state index in [0.717, 1.165) is 11.0 Å². The van der Waals surface area contributed by atoms with E-state index in [4.69, 9.17) is 15.2 Å². The highest BCUT2D eigenvalue weighted by molar-refractivity contribution is 5.79. The van der Waals surface area contributed by atoms with Gasteiger partial charge < -0.3 is 24.9 Å². The number of hydrogen-bond acceptors (Lipinski definition) is 5. The molecule has 0 saturated carbocycles. The second kappa shape index (κ2) is 6.01. The summed E-state index contributed by atoms with van der Waals surface area (Å²) in [5.74, 6) is 0.596. The minimum atomic E-state index is -0.127. The lowest BCUT2D eigenvalue weighted by molar-refractivity contribution is 0.0180. The lowest BCUT2D eigenvalue weighted by Crippen LogP contribution is -2.24. The summed E-state index contributed by atoms with van der Waals surface area (Å²) in [7, 11) is 3.27. The summed E-state index contributed by atoms with van der Waals surface area (Å²) in [5.41, 5.74) is 8.10. The van der Waals surface area contributed by atoms with Crippen molar-refractivity contribution < 1.29 is 14.6 Å². The molecule has 1 heterocycles. The van der Waals surface area contributed by atoms with Crippen LogP contribution in [0.15, 0.2) is 18.2 Å². The first-order chi connectivity index (χ1) is 9.19. The lowest BCUT2D eigenvalue weighted by Gasteiger charge is -2.17. The molecule has 2 aromatic rings. The Bertz CT molecular complexity index is 553. The summed E-state index contributed by atoms with van der Waals surface area (Å²) >= 11 is 0. The Morgan fingerprint density at radius 1 is 1.42 bits per heavy atom. The second-order valence-corrected chi connectivity index (χ2v) is 4.36. The van der Waals surface area contributed by atoms with Crippen molar-refractivity contribution in [3.63, 3.8) is 0 Å². The topological polar surface area (TPSA) is 82.5 Å². The first-order valence-electron chi connectivity index (χ1n) is 6.06. The van der Waals surface area contributed by atoms with Gasteiger partial charge in [-0.2, -0.15) is 0 Å². The molecule has 19 heavy (non-hydrogen) atoms. The summed E-state index contributed by atoms with van der Waals surface area (Å²) in [5, 5.41) is 9.42. The average Bonchev–Trinajstić information content (AvgIpc) is 2.75. The third-order valence-electron chi connectivity index (χ3n) is 3.06. The molecular weight excluding hydrogens is 246 g/mol. The molecule has 0 aliphatic carbocycles. The van der Waals surface area contributed by atoms with Crippen molar-refractivity contribution >= 4 is 16.7 Å². The zero-order valence-electron chi connectivity index (χ0n) is 11.2. The molecule has 3 N–H and O–H groups in total. The number of benzene rings is 1. The molecule has 6 heteroatoms. The number of fused-ring (bicyclic) bond motifs is 1. The predicted octanol–water partition coefficient (Wildman–Crippen LogP) is 0.772. The maximum Gasteiger partial charge on any atom is 0.135 e. The largest absolute Gasteiger partial charge is 0.399 e. The van der Waals surface area contributed by atoms with Gasteiger partial charge >= 0.3 is 0 Å². The van der Waals surface area contributed by atoms with Crippen molar-refractivity contribution in [1.82, 2.24) is 9.55 Å². The zero-order valence-corrected chi connectivity index (χ0v) is 11.2. The first kappa shape index (κ1) is 13.8. The van der Waals surface area contributed by atoms with Gasteiger partial charge in [0.2, 0.25) is 0 Å². The van der Waals surface area contributed by atoms with E-state index in [2.05, 4.69) is 4.98 Å². The highest BCUT2D eigenvalue weighted by atomic mass is 16.5. The fourth-order valence-corrected chi connectivity index (χ4v) is 2.11. The van der Waals surface area contributed by atoms with Gasteiger partial charge in [0.15, 0.2) is 0 Å². The van der Waals surface area contributed by atoms with Crippen LogP contribution in [-0.2, 0) is 22.6 Å². The Labute approximate surface area is 111 Å². The molecule has 104 valence electrons. The highest BCUT2D eigenvalue weighted by Gasteiger charge is 2.15. The number of imidazole rings is 1. The van der Waals surface area contributed by atoms with Crippen LogP contribution in [0.3, 0.4) is 0 Å². The summed E-state index contributed by atoms with van der Waals surface area (Å²) in [6.07, 6.45) is -0.0924. The van der Waals surface area contributed by atoms with E-state index >= 15 is 0 Å². The third kappa shape index (κ3) is 2.86. The third-order valence-corrected chi connectivity index (χ3v) is 3.06. The van der Waals surface area contributed by atoms with Gasteiger partial charge in [-0.1, -0.05) is 0 Å². The maximum absolute atomic E-state index is 9.42. The normalized spacial score (nSPS) is 13.0. The minimum absolute atomic E-state index is 0.0924. The van der Waals surface area contributed by atoms with Gasteiger partial charge in [0.25, 0.3) is 0 Å². The molecule has 2 rings (SSSR count). The molecule has 0 radical (unpaired) electrons. The van der Waals surface area contributed by atoms with Gasteiger partial charge in [-0.15, -0.1) is 0 Å². The molecule has 1 atom stereocenters. The van der Waals surface area contributed by atoms with Gasteiger partial charge in [-0.05, 0) is 18.2 Å². The van der Waals surface area contributed by atoms with Gasteiger partial charge in [-0.3, -0.25) is 0 Å². The van der Waals surface area contributed by atoms with E-state index in [1.807, 2.05) is 16.7 Å². The van der Waals surface area contributed by atoms with Gasteiger partial charge in [0.05, 0.1) is 30.3 Å². The molecule has 0 aliphatic heterocycles. The number of hydrogen-bond donors (Lipinski definition) is 2. The number of rotatable bonds is 6. The van der Waals surface area contributed by atoms with Gasteiger partial charge in [-0.25, -0.2) is 4.98 Å². The molecule has 0 aliphatic rings. The molecule has 0 fully saturated rings. The zero-order chi connectivity index (χ0) is 13.8. The van der Waals surface area contributed by atoms with Crippen LogP contribution < -0.4 is 5.73 Å². The lowest BCUT2D eigenvalue weighted by atomic mass is 10.2. The molecular formula is C13H19N3O3. The average molecular weight is 265 g/mol. The summed E-state index contributed by atoms with van der Waals surface area (Å²) < 4.78 is 12.4. The Hall–Kier alpha value is -1.63. The number of nitrogens with zero attached hydrogens (tertiary/aromatic N) is 2. The highest BCUT2D eigenvalue weighted by Crippen LogP contribution is 2.20. The Morgan fingerprint density at radius 3 is 2.84 bits per heavy atom. The van der Waals surface area contributed by atoms with E-state index in [0.29, 0.717) is 24.7 Å². The minimum Gasteiger partial charge on any atom is -0.399 e. The molecule has 6 nitrogen and oxygen atoms in total. The van der Waals surface area contributed by atoms with Crippen molar-refractivity contribution in [3.05, 3.63) is 24.0 Å². The smallest absolute Gasteiger partial charge is 0.135 e. The van der Waals surface area contributed by atoms with E-state index in [9.17, 15) is 5.11 Å². The van der Waals surface area contributed by atoms with Crippen LogP contribution in [0.2, 0.25) is 0 Å². The van der Waals surface area contributed by atoms with E-state index in [-0.39, 0.29) is 12.7 Å². The number of nitrogen functional groups attached to an aromatic ring is 1. The van der Waals surface area contributed by atoms with Crippen molar-refractivity contribution in [3.8, 4) is 0 Å². The Morgan fingerprint density at radius 2 is 2.21 bits per heavy atom. The van der Waals surface area contributed by atoms with Crippen LogP contribution in [0.5, 0.6) is 0 Å². The van der Waals surface area contributed by atoms with Gasteiger partial charge in [0.1, 0.15) is 12.4 Å². The van der Waals surface area contributed by atoms with Crippen LogP contribution in [0.1, 0.15) is 5.82 Å². The van der Waals surface area contributed by atoms with Crippen LogP contribution in [0.4, 0.5) is 5.69 Å². The molecule has 0 spiro atoms. The number of ether oxygens (including phenoxy) is 2. The summed E-state index contributed by atoms with van der Waals surface area (Å²) in [6, 6.07) is 5.51. The van der Waals surface area contributed by atoms with E-state index < -0.39 is 0 Å². The number of nitrogens with two attached hydrogens (primary N) is 1. The number of aliphatic hydroxyl groups excluding tert-OH is 1. The predicted molar refractivity (Wildman–Crippen MR) is 72.7 cm³/mol. The molecule has 1 aromatic carbocycles. The number of methoxy groups -OCH3 is 2. The number of anilines is 1. The standard InChI is InChI=1S/C13H19N3O3/c1-18-8-10(19-2)6-16-12-4-3-9(14)5-11(12)15-13(16)7-17/h3-5,10,17H,6-8,14H2,1-2H3. The SMILES string of the molecule is COCC(Cn1c(CO)nc2cc(N)ccc21)OC. The van der Waals surface area contributed by atoms with Crippen molar-refractivity contribution in [2.45, 2.75) is 19.3 Å². The van der Waals surface area contributed by atoms with Crippen molar-refractivity contribution in [2.75, 3.05) is 26.6 Å². The number of aromatic nitrogens is 2. The quantitative estimate of drug-likeness (QED) is 0.754. The fraction of sp³-hybridized carbons (Fsp3) is 0.462. The van der Waals surface area contributed by atoms with Crippen LogP contribution in [-0.4, -0.2) is 41.6 Å². The van der Waals surface area contributed by atoms with Gasteiger partial charge in [0, 0.05) is 19.9 Å². The number of aliphatic hydroxyl groups is 1. The first-order valence-corrected chi connectivity index (χ1v) is 6.06.